The van der Waals surface area contributed by atoms with Crippen LogP contribution >= 0.6 is 0 Å². The summed E-state index contributed by atoms with van der Waals surface area (Å²) in [7, 11) is 0. The number of aromatic nitrogens is 3. The molecule has 0 amide bonds. The highest BCUT2D eigenvalue weighted by Crippen LogP contribution is 2.10. The van der Waals surface area contributed by atoms with E-state index in [1.54, 1.807) is 6.92 Å². The summed E-state index contributed by atoms with van der Waals surface area (Å²) < 4.78 is 6.37. The summed E-state index contributed by atoms with van der Waals surface area (Å²) in [5.74, 6) is -1.39. The molecule has 0 aromatic carbocycles. The molecule has 2 aromatic heterocycles. The van der Waals surface area contributed by atoms with Crippen molar-refractivity contribution in [3.8, 4) is 5.75 Å². The summed E-state index contributed by atoms with van der Waals surface area (Å²) in [4.78, 5) is 22.2. The zero-order valence-corrected chi connectivity index (χ0v) is 10.0. The Morgan fingerprint density at radius 3 is 2.84 bits per heavy atom. The normalized spacial score (nSPS) is 10.6. The molecule has 0 aliphatic carbocycles. The number of rotatable bonds is 4. The average molecular weight is 265 g/mol. The summed E-state index contributed by atoms with van der Waals surface area (Å²) in [6.45, 7) is 1.84. The van der Waals surface area contributed by atoms with Crippen molar-refractivity contribution >= 4 is 5.97 Å². The van der Waals surface area contributed by atoms with E-state index >= 15 is 0 Å². The highest BCUT2D eigenvalue weighted by molar-refractivity contribution is 5.86. The van der Waals surface area contributed by atoms with Crippen molar-refractivity contribution in [2.24, 2.45) is 0 Å². The van der Waals surface area contributed by atoms with Crippen LogP contribution in [0, 0.1) is 0 Å². The molecule has 2 aromatic rings. The Morgan fingerprint density at radius 2 is 2.26 bits per heavy atom. The van der Waals surface area contributed by atoms with Gasteiger partial charge in [0.25, 0.3) is 0 Å². The molecule has 0 aliphatic heterocycles. The molecule has 0 spiro atoms. The standard InChI is InChI=1S/C11H11N3O5/c1-2-7-10(11(17)18)12-13-14(7)4-6-3-8(15)9(16)5-19-6/h3,5,16H,2,4H2,1H3,(H,17,18). The molecule has 100 valence electrons. The molecule has 0 saturated carbocycles. The van der Waals surface area contributed by atoms with E-state index < -0.39 is 17.1 Å². The molecule has 2 rings (SSSR count). The van der Waals surface area contributed by atoms with Gasteiger partial charge in [-0.15, -0.1) is 5.10 Å². The maximum atomic E-state index is 11.2. The molecule has 8 nitrogen and oxygen atoms in total. The Kier molecular flexibility index (Phi) is 3.32. The number of carboxylic acid groups (broad SMARTS) is 1. The van der Waals surface area contributed by atoms with Crippen molar-refractivity contribution in [3.63, 3.8) is 0 Å². The van der Waals surface area contributed by atoms with Gasteiger partial charge in [0.2, 0.25) is 5.43 Å². The molecule has 0 aliphatic rings. The predicted molar refractivity (Wildman–Crippen MR) is 62.1 cm³/mol. The van der Waals surface area contributed by atoms with Crippen molar-refractivity contribution in [2.45, 2.75) is 19.9 Å². The van der Waals surface area contributed by atoms with Crippen molar-refractivity contribution in [2.75, 3.05) is 0 Å². The van der Waals surface area contributed by atoms with Crippen LogP contribution in [0.3, 0.4) is 0 Å². The lowest BCUT2D eigenvalue weighted by Gasteiger charge is -2.04. The minimum absolute atomic E-state index is 0.0684. The van der Waals surface area contributed by atoms with Crippen LogP contribution in [0.15, 0.2) is 21.5 Å². The largest absolute Gasteiger partial charge is 0.502 e. The maximum Gasteiger partial charge on any atom is 0.358 e. The van der Waals surface area contributed by atoms with Crippen LogP contribution in [0.5, 0.6) is 5.75 Å². The highest BCUT2D eigenvalue weighted by Gasteiger charge is 2.18. The number of hydrogen-bond donors (Lipinski definition) is 2. The van der Waals surface area contributed by atoms with E-state index in [9.17, 15) is 9.59 Å². The first-order valence-electron chi connectivity index (χ1n) is 5.49. The van der Waals surface area contributed by atoms with Gasteiger partial charge in [0.15, 0.2) is 11.4 Å². The van der Waals surface area contributed by atoms with Crippen molar-refractivity contribution in [1.82, 2.24) is 15.0 Å². The first kappa shape index (κ1) is 12.8. The SMILES string of the molecule is CCc1c(C(=O)O)nnn1Cc1cc(=O)c(O)co1. The second-order valence-electron chi connectivity index (χ2n) is 3.80. The second kappa shape index (κ2) is 4.92. The van der Waals surface area contributed by atoms with Crippen LogP contribution in [-0.2, 0) is 13.0 Å². The van der Waals surface area contributed by atoms with Crippen LogP contribution < -0.4 is 5.43 Å². The zero-order chi connectivity index (χ0) is 14.0. The van der Waals surface area contributed by atoms with Gasteiger partial charge >= 0.3 is 5.97 Å². The van der Waals surface area contributed by atoms with Crippen LogP contribution in [-0.4, -0.2) is 31.2 Å². The van der Waals surface area contributed by atoms with Crippen LogP contribution in [0.2, 0.25) is 0 Å². The Balaban J connectivity index is 2.35. The monoisotopic (exact) mass is 265 g/mol. The van der Waals surface area contributed by atoms with Gasteiger partial charge < -0.3 is 14.6 Å². The lowest BCUT2D eigenvalue weighted by molar-refractivity contribution is 0.0689. The lowest BCUT2D eigenvalue weighted by atomic mass is 10.2. The third-order valence-corrected chi connectivity index (χ3v) is 2.55. The molecule has 8 heteroatoms. The molecular weight excluding hydrogens is 254 g/mol. The Labute approximate surface area is 106 Å². The molecule has 0 unspecified atom stereocenters. The Morgan fingerprint density at radius 1 is 1.53 bits per heavy atom. The average Bonchev–Trinajstić information content (AvgIpc) is 2.76. The van der Waals surface area contributed by atoms with Gasteiger partial charge in [0.1, 0.15) is 18.6 Å². The molecule has 2 heterocycles. The Hall–Kier alpha value is -2.64. The van der Waals surface area contributed by atoms with Crippen molar-refractivity contribution in [3.05, 3.63) is 39.7 Å². The first-order valence-corrected chi connectivity index (χ1v) is 5.49. The lowest BCUT2D eigenvalue weighted by Crippen LogP contribution is -2.10. The van der Waals surface area contributed by atoms with Gasteiger partial charge in [0, 0.05) is 6.07 Å². The van der Waals surface area contributed by atoms with E-state index in [-0.39, 0.29) is 18.0 Å². The van der Waals surface area contributed by atoms with Gasteiger partial charge in [-0.3, -0.25) is 4.79 Å². The minimum Gasteiger partial charge on any atom is -0.502 e. The van der Waals surface area contributed by atoms with E-state index in [1.807, 2.05) is 0 Å². The van der Waals surface area contributed by atoms with Crippen molar-refractivity contribution < 1.29 is 19.4 Å². The third-order valence-electron chi connectivity index (χ3n) is 2.55. The number of carboxylic acids is 1. The number of aromatic hydroxyl groups is 1. The number of nitrogens with zero attached hydrogens (tertiary/aromatic N) is 3. The van der Waals surface area contributed by atoms with Crippen molar-refractivity contribution in [1.29, 1.82) is 0 Å². The summed E-state index contributed by atoms with van der Waals surface area (Å²) in [6, 6.07) is 1.12. The van der Waals surface area contributed by atoms with E-state index in [0.717, 1.165) is 12.3 Å². The molecule has 2 N–H and O–H groups in total. The van der Waals surface area contributed by atoms with Gasteiger partial charge in [0.05, 0.1) is 5.69 Å². The molecule has 0 atom stereocenters. The Bertz CT molecular complexity index is 673. The molecule has 0 radical (unpaired) electrons. The molecule has 19 heavy (non-hydrogen) atoms. The number of aromatic carboxylic acids is 1. The molecule has 0 fully saturated rings. The van der Waals surface area contributed by atoms with Gasteiger partial charge in [-0.05, 0) is 6.42 Å². The number of carbonyl (C=O) groups is 1. The topological polar surface area (TPSA) is 118 Å². The fourth-order valence-corrected chi connectivity index (χ4v) is 1.65. The van der Waals surface area contributed by atoms with Gasteiger partial charge in [-0.1, -0.05) is 12.1 Å². The van der Waals surface area contributed by atoms with E-state index in [1.165, 1.54) is 4.68 Å². The smallest absolute Gasteiger partial charge is 0.358 e. The van der Waals surface area contributed by atoms with E-state index in [0.29, 0.717) is 12.1 Å². The summed E-state index contributed by atoms with van der Waals surface area (Å²) >= 11 is 0. The molecule has 0 saturated heterocycles. The minimum atomic E-state index is -1.16. The first-order chi connectivity index (χ1) is 9.02. The maximum absolute atomic E-state index is 11.2. The fourth-order valence-electron chi connectivity index (χ4n) is 1.65. The van der Waals surface area contributed by atoms with Gasteiger partial charge in [-0.25, -0.2) is 9.48 Å². The van der Waals surface area contributed by atoms with E-state index in [2.05, 4.69) is 10.3 Å². The molecular formula is C11H11N3O5. The van der Waals surface area contributed by atoms with E-state index in [4.69, 9.17) is 14.6 Å². The quantitative estimate of drug-likeness (QED) is 0.812. The highest BCUT2D eigenvalue weighted by atomic mass is 16.4. The predicted octanol–water partition coefficient (Wildman–Crippen LogP) is 0.246. The van der Waals surface area contributed by atoms with Crippen LogP contribution in [0.1, 0.15) is 28.9 Å². The van der Waals surface area contributed by atoms with Crippen LogP contribution in [0.25, 0.3) is 0 Å². The van der Waals surface area contributed by atoms with Gasteiger partial charge in [-0.2, -0.15) is 0 Å². The fraction of sp³-hybridized carbons (Fsp3) is 0.273. The summed E-state index contributed by atoms with van der Waals surface area (Å²) in [5.41, 5.74) is -0.260. The second-order valence-corrected chi connectivity index (χ2v) is 3.80. The summed E-state index contributed by atoms with van der Waals surface area (Å²) in [5, 5.41) is 25.3. The number of hydrogen-bond acceptors (Lipinski definition) is 6. The molecule has 0 bridgehead atoms. The zero-order valence-electron chi connectivity index (χ0n) is 10.0. The van der Waals surface area contributed by atoms with Crippen LogP contribution in [0.4, 0.5) is 0 Å². The summed E-state index contributed by atoms with van der Waals surface area (Å²) in [6.07, 6.45) is 1.36. The third kappa shape index (κ3) is 2.46.